The van der Waals surface area contributed by atoms with Crippen LogP contribution in [0.15, 0.2) is 24.3 Å². The summed E-state index contributed by atoms with van der Waals surface area (Å²) in [6.45, 7) is 2.44. The average Bonchev–Trinajstić information content (AvgIpc) is 3.43. The largest absolute Gasteiger partial charge is 0.497 e. The minimum absolute atomic E-state index is 0.129. The fraction of sp³-hybridized carbons (Fsp3) is 0.640. The number of aliphatic hydroxyl groups excluding tert-OH is 1. The van der Waals surface area contributed by atoms with E-state index >= 15 is 0 Å². The summed E-state index contributed by atoms with van der Waals surface area (Å²) in [5, 5.41) is 12.0. The van der Waals surface area contributed by atoms with Gasteiger partial charge in [0.2, 0.25) is 11.8 Å². The van der Waals surface area contributed by atoms with Crippen LogP contribution in [0.4, 0.5) is 5.69 Å². The van der Waals surface area contributed by atoms with Gasteiger partial charge >= 0.3 is 5.97 Å². The molecule has 35 heavy (non-hydrogen) atoms. The Morgan fingerprint density at radius 3 is 2.60 bits per heavy atom. The monoisotopic (exact) mass is 552 g/mol. The molecule has 10 heteroatoms. The van der Waals surface area contributed by atoms with Gasteiger partial charge in [-0.25, -0.2) is 0 Å². The fourth-order valence-electron chi connectivity index (χ4n) is 5.81. The molecule has 3 aliphatic heterocycles. The number of fused-ring (bicyclic) bond motifs is 1. The Morgan fingerprint density at radius 1 is 1.23 bits per heavy atom. The average molecular weight is 553 g/mol. The number of hydrogen-bond acceptors (Lipinski definition) is 7. The number of hydrogen-bond donors (Lipinski definition) is 2. The molecule has 3 fully saturated rings. The molecule has 6 atom stereocenters. The number of carbonyl (C=O) groups is 3. The van der Waals surface area contributed by atoms with Gasteiger partial charge in [-0.15, -0.1) is 0 Å². The van der Waals surface area contributed by atoms with Crippen LogP contribution in [0.25, 0.3) is 0 Å². The van der Waals surface area contributed by atoms with Crippen LogP contribution in [0, 0.1) is 11.8 Å². The van der Waals surface area contributed by atoms with Gasteiger partial charge in [0.1, 0.15) is 17.4 Å². The maximum absolute atomic E-state index is 13.8. The second-order valence-corrected chi connectivity index (χ2v) is 10.5. The molecule has 3 unspecified atom stereocenters. The van der Waals surface area contributed by atoms with Crippen LogP contribution in [0.5, 0.6) is 5.75 Å². The number of nitrogens with one attached hydrogen (secondary N) is 1. The van der Waals surface area contributed by atoms with Gasteiger partial charge in [0.25, 0.3) is 0 Å². The molecule has 192 valence electrons. The normalized spacial score (nSPS) is 30.9. The van der Waals surface area contributed by atoms with E-state index in [-0.39, 0.29) is 29.9 Å². The number of nitrogens with zero attached hydrogens (tertiary/aromatic N) is 1. The molecule has 3 heterocycles. The molecule has 0 aliphatic carbocycles. The highest BCUT2D eigenvalue weighted by molar-refractivity contribution is 9.09. The molecule has 1 aromatic carbocycles. The van der Waals surface area contributed by atoms with Crippen molar-refractivity contribution >= 4 is 39.4 Å². The van der Waals surface area contributed by atoms with E-state index in [0.29, 0.717) is 37.2 Å². The summed E-state index contributed by atoms with van der Waals surface area (Å²) < 4.78 is 16.9. The Balaban J connectivity index is 1.62. The number of halogens is 1. The number of amides is 2. The molecule has 0 aromatic heterocycles. The number of methoxy groups -OCH3 is 1. The van der Waals surface area contributed by atoms with E-state index in [4.69, 9.17) is 19.3 Å². The van der Waals surface area contributed by atoms with E-state index in [9.17, 15) is 14.4 Å². The quantitative estimate of drug-likeness (QED) is 0.246. The molecular formula is C25H33BrN2O7. The second kappa shape index (κ2) is 10.8. The molecule has 1 aromatic rings. The minimum Gasteiger partial charge on any atom is -0.497 e. The van der Waals surface area contributed by atoms with Crippen LogP contribution >= 0.6 is 15.9 Å². The van der Waals surface area contributed by atoms with Crippen molar-refractivity contribution in [1.29, 1.82) is 0 Å². The number of rotatable bonds is 11. The van der Waals surface area contributed by atoms with Crippen molar-refractivity contribution in [2.75, 3.05) is 32.2 Å². The van der Waals surface area contributed by atoms with Gasteiger partial charge in [-0.1, -0.05) is 28.8 Å². The van der Waals surface area contributed by atoms with Crippen molar-refractivity contribution in [3.8, 4) is 5.75 Å². The lowest BCUT2D eigenvalue weighted by Crippen LogP contribution is -2.54. The van der Waals surface area contributed by atoms with E-state index in [2.05, 4.69) is 21.2 Å². The van der Waals surface area contributed by atoms with Crippen molar-refractivity contribution in [2.24, 2.45) is 11.8 Å². The maximum atomic E-state index is 13.8. The van der Waals surface area contributed by atoms with Gasteiger partial charge in [0.15, 0.2) is 0 Å². The van der Waals surface area contributed by atoms with E-state index in [1.165, 1.54) is 0 Å². The predicted octanol–water partition coefficient (Wildman–Crippen LogP) is 2.50. The van der Waals surface area contributed by atoms with Gasteiger partial charge in [-0.05, 0) is 50.5 Å². The molecule has 4 rings (SSSR count). The third-order valence-corrected chi connectivity index (χ3v) is 8.11. The second-order valence-electron chi connectivity index (χ2n) is 9.30. The third-order valence-electron chi connectivity index (χ3n) is 7.26. The first kappa shape index (κ1) is 25.9. The van der Waals surface area contributed by atoms with Crippen LogP contribution in [0.2, 0.25) is 0 Å². The first-order valence-electron chi connectivity index (χ1n) is 12.2. The van der Waals surface area contributed by atoms with Gasteiger partial charge in [-0.3, -0.25) is 14.4 Å². The molecule has 0 saturated carbocycles. The summed E-state index contributed by atoms with van der Waals surface area (Å²) in [6, 6.07) is 6.11. The lowest BCUT2D eigenvalue weighted by Gasteiger charge is -2.34. The molecule has 0 radical (unpaired) electrons. The minimum atomic E-state index is -1.10. The summed E-state index contributed by atoms with van der Waals surface area (Å²) in [5.41, 5.74) is -0.523. The summed E-state index contributed by atoms with van der Waals surface area (Å²) in [6.07, 6.45) is 2.97. The van der Waals surface area contributed by atoms with Crippen LogP contribution in [-0.2, 0) is 23.9 Å². The van der Waals surface area contributed by atoms with Crippen molar-refractivity contribution in [3.63, 3.8) is 0 Å². The van der Waals surface area contributed by atoms with E-state index < -0.39 is 35.6 Å². The number of ether oxygens (including phenoxy) is 3. The number of aliphatic hydroxyl groups is 1. The van der Waals surface area contributed by atoms with Gasteiger partial charge in [0.05, 0.1) is 31.7 Å². The molecule has 2 amide bonds. The zero-order valence-electron chi connectivity index (χ0n) is 20.1. The Hall–Kier alpha value is -2.17. The third kappa shape index (κ3) is 4.68. The van der Waals surface area contributed by atoms with Crippen molar-refractivity contribution in [3.05, 3.63) is 24.3 Å². The first-order valence-corrected chi connectivity index (χ1v) is 13.1. The van der Waals surface area contributed by atoms with Crippen molar-refractivity contribution in [2.45, 2.75) is 61.6 Å². The van der Waals surface area contributed by atoms with Crippen molar-refractivity contribution < 1.29 is 33.7 Å². The van der Waals surface area contributed by atoms with E-state index in [1.807, 2.05) is 0 Å². The number of alkyl halides is 1. The van der Waals surface area contributed by atoms with Crippen LogP contribution in [-0.4, -0.2) is 77.2 Å². The Labute approximate surface area is 213 Å². The molecule has 9 nitrogen and oxygen atoms in total. The van der Waals surface area contributed by atoms with E-state index in [1.54, 1.807) is 43.2 Å². The zero-order valence-corrected chi connectivity index (χ0v) is 21.7. The highest BCUT2D eigenvalue weighted by atomic mass is 79.9. The van der Waals surface area contributed by atoms with Gasteiger partial charge < -0.3 is 29.5 Å². The number of carbonyl (C=O) groups excluding carboxylic acids is 3. The highest BCUT2D eigenvalue weighted by Crippen LogP contribution is 2.60. The number of likely N-dealkylation sites (tertiary alicyclic amines) is 1. The standard InChI is InChI=1S/C25H33BrN2O7/c1-3-34-24(32)18-19-23(31)28(12-6-4-5-7-13-29)21(25(19)14-17(26)20(18)35-25)22(30)27-15-8-10-16(33-2)11-9-15/h8-11,17-21,29H,3-7,12-14H2,1-2H3,(H,27,30)/t17?,18-,19-,20-,21?,25?/m0/s1. The summed E-state index contributed by atoms with van der Waals surface area (Å²) in [5.74, 6) is -1.88. The summed E-state index contributed by atoms with van der Waals surface area (Å²) in [7, 11) is 1.57. The first-order chi connectivity index (χ1) is 16.9. The van der Waals surface area contributed by atoms with E-state index in [0.717, 1.165) is 12.8 Å². The number of anilines is 1. The smallest absolute Gasteiger partial charge is 0.312 e. The molecule has 1 spiro atoms. The van der Waals surface area contributed by atoms with Gasteiger partial charge in [0, 0.05) is 23.7 Å². The predicted molar refractivity (Wildman–Crippen MR) is 131 cm³/mol. The molecule has 2 N–H and O–H groups in total. The molecule has 3 aliphatic rings. The number of benzene rings is 1. The molecule has 2 bridgehead atoms. The fourth-order valence-corrected chi connectivity index (χ4v) is 6.75. The van der Waals surface area contributed by atoms with Gasteiger partial charge in [-0.2, -0.15) is 0 Å². The Kier molecular flexibility index (Phi) is 8.02. The zero-order chi connectivity index (χ0) is 25.2. The topological polar surface area (TPSA) is 114 Å². The summed E-state index contributed by atoms with van der Waals surface area (Å²) >= 11 is 3.63. The maximum Gasteiger partial charge on any atom is 0.312 e. The Bertz CT molecular complexity index is 942. The van der Waals surface area contributed by atoms with Crippen molar-refractivity contribution in [1.82, 2.24) is 4.90 Å². The Morgan fingerprint density at radius 2 is 1.94 bits per heavy atom. The lowest BCUT2D eigenvalue weighted by atomic mass is 9.70. The SMILES string of the molecule is CCOC(=O)[C@H]1[C@H]2C(=O)N(CCCCCCO)C(C(=O)Nc3ccc(OC)cc3)C23CC(Br)[C@@H]1O3. The molecular weight excluding hydrogens is 520 g/mol. The van der Waals surface area contributed by atoms with Crippen LogP contribution < -0.4 is 10.1 Å². The number of esters is 1. The number of unbranched alkanes of at least 4 members (excludes halogenated alkanes) is 3. The highest BCUT2D eigenvalue weighted by Gasteiger charge is 2.76. The molecule has 3 saturated heterocycles. The lowest BCUT2D eigenvalue weighted by molar-refractivity contribution is -0.154. The summed E-state index contributed by atoms with van der Waals surface area (Å²) in [4.78, 5) is 41.8. The van der Waals surface area contributed by atoms with Crippen LogP contribution in [0.1, 0.15) is 39.0 Å². The van der Waals surface area contributed by atoms with Crippen LogP contribution in [0.3, 0.4) is 0 Å².